The number of allylic oxidation sites excluding steroid dienone is 2. The molecule has 6 N–H and O–H groups in total. The van der Waals surface area contributed by atoms with Crippen molar-refractivity contribution in [3.63, 3.8) is 0 Å². The van der Waals surface area contributed by atoms with Gasteiger partial charge in [-0.05, 0) is 108 Å². The maximum absolute atomic E-state index is 14.6. The highest BCUT2D eigenvalue weighted by Crippen LogP contribution is 2.54. The van der Waals surface area contributed by atoms with Gasteiger partial charge >= 0.3 is 0 Å². The maximum Gasteiger partial charge on any atom is 0.179 e. The van der Waals surface area contributed by atoms with Gasteiger partial charge in [0.15, 0.2) is 49.3 Å². The van der Waals surface area contributed by atoms with Crippen molar-refractivity contribution in [1.82, 2.24) is 9.80 Å². The summed E-state index contributed by atoms with van der Waals surface area (Å²) >= 11 is 0. The predicted octanol–water partition coefficient (Wildman–Crippen LogP) is 5.45. The van der Waals surface area contributed by atoms with Crippen molar-refractivity contribution in [2.45, 2.75) is 266 Å². The number of carbonyl (C=O) groups is 2. The largest absolute Gasteiger partial charge is 0.511 e. The van der Waals surface area contributed by atoms with E-state index in [1.165, 1.54) is 18.2 Å². The number of likely N-dealkylation sites (N-methyl/N-ethyl adjacent to an activating group) is 2. The van der Waals surface area contributed by atoms with Gasteiger partial charge in [-0.3, -0.25) is 9.59 Å². The van der Waals surface area contributed by atoms with Crippen LogP contribution in [-0.2, 0) is 56.8 Å². The smallest absolute Gasteiger partial charge is 0.179 e. The number of nitrogens with zero attached hydrogens (tertiary/aromatic N) is 2. The first kappa shape index (κ1) is 61.8. The zero-order chi connectivity index (χ0) is 58.8. The van der Waals surface area contributed by atoms with Crippen LogP contribution in [0.5, 0.6) is 5.75 Å². The molecule has 9 aliphatic rings. The molecule has 25 atom stereocenters. The second-order valence-electron chi connectivity index (χ2n) is 24.9. The summed E-state index contributed by atoms with van der Waals surface area (Å²) in [5.74, 6) is -6.26. The number of phenols is 1. The molecule has 82 heavy (non-hydrogen) atoms. The molecule has 6 saturated heterocycles. The molecule has 1 saturated carbocycles. The monoisotopic (exact) mass is 1160 g/mol. The lowest BCUT2D eigenvalue weighted by atomic mass is 9.62. The Bertz CT molecular complexity index is 2490. The average Bonchev–Trinajstić information content (AvgIpc) is 1.06. The van der Waals surface area contributed by atoms with Crippen LogP contribution < -0.4 is 0 Å². The Balaban J connectivity index is 0.871. The molecular weight excluding hydrogens is 1070 g/mol. The third-order valence-electron chi connectivity index (χ3n) is 19.0. The maximum atomic E-state index is 14.6. The van der Waals surface area contributed by atoms with E-state index in [0.717, 1.165) is 0 Å². The molecule has 0 radical (unpaired) electrons. The zero-order valence-electron chi connectivity index (χ0n) is 49.4. The Kier molecular flexibility index (Phi) is 19.0. The highest BCUT2D eigenvalue weighted by molar-refractivity contribution is 6.19. The minimum absolute atomic E-state index is 0.0224. The minimum Gasteiger partial charge on any atom is -0.511 e. The van der Waals surface area contributed by atoms with E-state index in [9.17, 15) is 40.2 Å². The average molecular weight is 1160 g/mol. The number of aromatic hydroxyl groups is 1. The molecule has 25 unspecified atom stereocenters. The van der Waals surface area contributed by atoms with Gasteiger partial charge in [0.05, 0.1) is 90.1 Å². The highest BCUT2D eigenvalue weighted by Gasteiger charge is 2.60. The Labute approximate surface area is 481 Å². The Morgan fingerprint density at radius 2 is 0.976 bits per heavy atom. The summed E-state index contributed by atoms with van der Waals surface area (Å²) < 4.78 is 77.9. The van der Waals surface area contributed by atoms with Gasteiger partial charge < -0.3 is 97.3 Å². The van der Waals surface area contributed by atoms with Gasteiger partial charge in [0.25, 0.3) is 0 Å². The lowest BCUT2D eigenvalue weighted by Crippen LogP contribution is -2.61. The van der Waals surface area contributed by atoms with Crippen molar-refractivity contribution in [1.29, 1.82) is 0 Å². The van der Waals surface area contributed by atoms with Crippen LogP contribution in [0, 0.1) is 11.8 Å². The lowest BCUT2D eigenvalue weighted by Gasteiger charge is -2.52. The number of carbonyl (C=O) groups excluding carboxylic acids is 2. The van der Waals surface area contributed by atoms with Crippen LogP contribution >= 0.6 is 0 Å². The minimum atomic E-state index is -1.83. The molecule has 460 valence electrons. The van der Waals surface area contributed by atoms with Gasteiger partial charge in [-0.1, -0.05) is 19.1 Å². The number of ether oxygens (including phenoxy) is 12. The van der Waals surface area contributed by atoms with E-state index in [2.05, 4.69) is 0 Å². The number of fused-ring (bicyclic) bond motifs is 3. The lowest BCUT2D eigenvalue weighted by molar-refractivity contribution is -0.320. The first-order chi connectivity index (χ1) is 38.9. The summed E-state index contributed by atoms with van der Waals surface area (Å²) in [6, 6.07) is 3.52. The van der Waals surface area contributed by atoms with E-state index >= 15 is 0 Å². The summed E-state index contributed by atoms with van der Waals surface area (Å²) in [5, 5.41) is 69.9. The van der Waals surface area contributed by atoms with E-state index in [1.807, 2.05) is 79.5 Å². The van der Waals surface area contributed by atoms with E-state index < -0.39 is 133 Å². The van der Waals surface area contributed by atoms with Crippen molar-refractivity contribution in [2.24, 2.45) is 11.8 Å². The van der Waals surface area contributed by atoms with Crippen LogP contribution in [0.3, 0.4) is 0 Å². The number of Topliss-reactive ketones (excluding diaryl/α,β-unsaturated/α-hetero) is 2. The highest BCUT2D eigenvalue weighted by atomic mass is 16.8. The molecule has 10 rings (SSSR count). The van der Waals surface area contributed by atoms with Crippen molar-refractivity contribution in [2.75, 3.05) is 28.2 Å². The van der Waals surface area contributed by atoms with E-state index in [1.54, 1.807) is 6.92 Å². The summed E-state index contributed by atoms with van der Waals surface area (Å²) in [6.07, 6.45) is -6.49. The van der Waals surface area contributed by atoms with Crippen LogP contribution in [0.1, 0.15) is 146 Å². The van der Waals surface area contributed by atoms with Gasteiger partial charge in [0, 0.05) is 73.7 Å². The molecule has 22 nitrogen and oxygen atoms in total. The number of hydrogen-bond donors (Lipinski definition) is 6. The van der Waals surface area contributed by atoms with Crippen molar-refractivity contribution >= 4 is 11.6 Å². The summed E-state index contributed by atoms with van der Waals surface area (Å²) in [6.45, 7) is 13.1. The fourth-order valence-corrected chi connectivity index (χ4v) is 14.1. The summed E-state index contributed by atoms with van der Waals surface area (Å²) in [7, 11) is 7.71. The van der Waals surface area contributed by atoms with Crippen LogP contribution in [0.15, 0.2) is 40.9 Å². The van der Waals surface area contributed by atoms with Crippen LogP contribution in [0.25, 0.3) is 0 Å². The SMILES string of the molecule is CCC1(O)CC(OC2CC(N(C)C)C(OC3CCC(OC4CCC(O)C(C)O4)C(C)O3)C(C)O2)C2=C(O)C3C(=O)c4c(O)cccc4C(=O)C3C(O)=C2C1OC1CC(N(C)C)C(OC2CCC(OC3CCC(O)C(C)O3)C(C)O2)C(C)O1. The third kappa shape index (κ3) is 12.4. The molecule has 7 fully saturated rings. The molecule has 6 aliphatic heterocycles. The molecule has 0 aromatic heterocycles. The Morgan fingerprint density at radius 1 is 0.537 bits per heavy atom. The van der Waals surface area contributed by atoms with Crippen LogP contribution in [0.4, 0.5) is 0 Å². The van der Waals surface area contributed by atoms with Gasteiger partial charge in [0.1, 0.15) is 35.6 Å². The van der Waals surface area contributed by atoms with Gasteiger partial charge in [-0.25, -0.2) is 0 Å². The number of phenolic OH excluding ortho intramolecular Hbond substituents is 1. The number of hydrogen-bond acceptors (Lipinski definition) is 22. The quantitative estimate of drug-likeness (QED) is 0.127. The molecule has 0 spiro atoms. The molecule has 22 heteroatoms. The van der Waals surface area contributed by atoms with E-state index in [-0.39, 0.29) is 96.7 Å². The Morgan fingerprint density at radius 3 is 1.45 bits per heavy atom. The molecule has 6 heterocycles. The van der Waals surface area contributed by atoms with E-state index in [4.69, 9.17) is 56.8 Å². The number of benzene rings is 1. The molecule has 0 amide bonds. The molecular formula is C60H90N2O20. The first-order valence-corrected chi connectivity index (χ1v) is 30.0. The fraction of sp³-hybridized carbons (Fsp3) is 0.800. The number of ketones is 2. The van der Waals surface area contributed by atoms with Crippen LogP contribution in [0.2, 0.25) is 0 Å². The number of aliphatic hydroxyl groups excluding tert-OH is 4. The first-order valence-electron chi connectivity index (χ1n) is 30.0. The van der Waals surface area contributed by atoms with Crippen molar-refractivity contribution in [3.8, 4) is 5.75 Å². The number of aliphatic hydroxyl groups is 5. The molecule has 3 aliphatic carbocycles. The van der Waals surface area contributed by atoms with Gasteiger partial charge in [0.2, 0.25) is 0 Å². The van der Waals surface area contributed by atoms with Gasteiger partial charge in [-0.15, -0.1) is 0 Å². The van der Waals surface area contributed by atoms with Gasteiger partial charge in [-0.2, -0.15) is 0 Å². The van der Waals surface area contributed by atoms with Crippen LogP contribution in [-0.4, -0.2) is 221 Å². The second-order valence-corrected chi connectivity index (χ2v) is 24.9. The van der Waals surface area contributed by atoms with Crippen molar-refractivity contribution in [3.05, 3.63) is 52.0 Å². The van der Waals surface area contributed by atoms with E-state index in [0.29, 0.717) is 51.4 Å². The number of rotatable bonds is 15. The standard InChI is InChI=1S/C60H90N2O20/c1-12-60(70)26-41(79-46-24-34(61(8)9)57(31(6)75-46)80-44-22-18-39(29(4)73-44)77-42-20-16-36(63)27(2)71-42)49-52(56(69)50-51(55(49)68)54(67)48-33(53(50)66)14-13-15-38(48)65)59(60)82-47-25-35(62(10)11)58(32(7)76-47)81-45-23-19-40(30(5)74-45)78-43-21-17-37(64)28(3)72-43/h13-15,27-32,34-37,39-47,50-51,57-59,63-65,68-70H,12,16-26H2,1-11H3. The zero-order valence-corrected chi connectivity index (χ0v) is 49.4. The molecule has 0 bridgehead atoms. The van der Waals surface area contributed by atoms with Crippen molar-refractivity contribution < 1.29 is 97.1 Å². The molecule has 1 aromatic rings. The second kappa shape index (κ2) is 25.2. The molecule has 1 aromatic carbocycles. The third-order valence-corrected chi connectivity index (χ3v) is 19.0. The fourth-order valence-electron chi connectivity index (χ4n) is 14.1. The predicted molar refractivity (Wildman–Crippen MR) is 291 cm³/mol. The normalized spacial score (nSPS) is 44.8. The summed E-state index contributed by atoms with van der Waals surface area (Å²) in [5.41, 5.74) is -2.31. The summed E-state index contributed by atoms with van der Waals surface area (Å²) in [4.78, 5) is 33.2. The Hall–Kier alpha value is -3.24. The topological polar surface area (TPSA) is 273 Å².